The summed E-state index contributed by atoms with van der Waals surface area (Å²) < 4.78 is 5.34. The number of amides is 2. The molecule has 0 heterocycles. The Bertz CT molecular complexity index is 389. The summed E-state index contributed by atoms with van der Waals surface area (Å²) in [7, 11) is 1.66. The van der Waals surface area contributed by atoms with Crippen molar-refractivity contribution in [2.75, 3.05) is 13.7 Å². The van der Waals surface area contributed by atoms with E-state index in [2.05, 4.69) is 17.4 Å². The number of aryl methyl sites for hydroxylation is 2. The van der Waals surface area contributed by atoms with Gasteiger partial charge in [-0.15, -0.1) is 0 Å². The SMILES string of the molecule is COc1c(C)cc(C)cc1CCNC(N)=O. The molecule has 1 rings (SSSR count). The van der Waals surface area contributed by atoms with Crippen LogP contribution >= 0.6 is 0 Å². The summed E-state index contributed by atoms with van der Waals surface area (Å²) in [5.41, 5.74) is 8.39. The van der Waals surface area contributed by atoms with Gasteiger partial charge in [0, 0.05) is 6.54 Å². The third kappa shape index (κ3) is 3.15. The van der Waals surface area contributed by atoms with E-state index in [1.54, 1.807) is 7.11 Å². The van der Waals surface area contributed by atoms with Gasteiger partial charge in [-0.2, -0.15) is 0 Å². The summed E-state index contributed by atoms with van der Waals surface area (Å²) in [6, 6.07) is 3.64. The second-order valence-corrected chi connectivity index (χ2v) is 3.82. The van der Waals surface area contributed by atoms with Crippen molar-refractivity contribution in [3.63, 3.8) is 0 Å². The predicted octanol–water partition coefficient (Wildman–Crippen LogP) is 1.52. The molecule has 0 atom stereocenters. The first-order chi connectivity index (χ1) is 7.54. The minimum atomic E-state index is -0.497. The molecule has 0 fully saturated rings. The Balaban J connectivity index is 2.81. The first-order valence-corrected chi connectivity index (χ1v) is 5.22. The van der Waals surface area contributed by atoms with Gasteiger partial charge >= 0.3 is 6.03 Å². The first kappa shape index (κ1) is 12.4. The van der Waals surface area contributed by atoms with E-state index in [9.17, 15) is 4.79 Å². The number of ether oxygens (including phenoxy) is 1. The van der Waals surface area contributed by atoms with Gasteiger partial charge in [0.1, 0.15) is 5.75 Å². The lowest BCUT2D eigenvalue weighted by molar-refractivity contribution is 0.249. The smallest absolute Gasteiger partial charge is 0.312 e. The Kier molecular flexibility index (Phi) is 4.17. The third-order valence-electron chi connectivity index (χ3n) is 2.39. The second kappa shape index (κ2) is 5.39. The van der Waals surface area contributed by atoms with Crippen LogP contribution in [0.3, 0.4) is 0 Å². The quantitative estimate of drug-likeness (QED) is 0.811. The Labute approximate surface area is 95.8 Å². The van der Waals surface area contributed by atoms with Crippen LogP contribution in [0, 0.1) is 13.8 Å². The average molecular weight is 222 g/mol. The third-order valence-corrected chi connectivity index (χ3v) is 2.39. The maximum Gasteiger partial charge on any atom is 0.312 e. The highest BCUT2D eigenvalue weighted by molar-refractivity contribution is 5.71. The van der Waals surface area contributed by atoms with Crippen molar-refractivity contribution in [3.8, 4) is 5.75 Å². The summed E-state index contributed by atoms with van der Waals surface area (Å²) in [4.78, 5) is 10.6. The molecule has 3 N–H and O–H groups in total. The molecule has 4 nitrogen and oxygen atoms in total. The molecule has 16 heavy (non-hydrogen) atoms. The van der Waals surface area contributed by atoms with Crippen LogP contribution in [0.2, 0.25) is 0 Å². The summed E-state index contributed by atoms with van der Waals surface area (Å²) in [5, 5.41) is 2.57. The van der Waals surface area contributed by atoms with Crippen molar-refractivity contribution >= 4 is 6.03 Å². The largest absolute Gasteiger partial charge is 0.496 e. The van der Waals surface area contributed by atoms with Crippen LogP contribution in [-0.2, 0) is 6.42 Å². The highest BCUT2D eigenvalue weighted by Crippen LogP contribution is 2.25. The minimum Gasteiger partial charge on any atom is -0.496 e. The van der Waals surface area contributed by atoms with Crippen LogP contribution in [0.15, 0.2) is 12.1 Å². The van der Waals surface area contributed by atoms with Crippen molar-refractivity contribution in [2.45, 2.75) is 20.3 Å². The molecule has 0 aromatic heterocycles. The van der Waals surface area contributed by atoms with E-state index in [4.69, 9.17) is 10.5 Å². The molecule has 0 radical (unpaired) electrons. The molecule has 0 bridgehead atoms. The lowest BCUT2D eigenvalue weighted by Gasteiger charge is -2.12. The highest BCUT2D eigenvalue weighted by atomic mass is 16.5. The van der Waals surface area contributed by atoms with E-state index in [0.717, 1.165) is 16.9 Å². The van der Waals surface area contributed by atoms with Crippen molar-refractivity contribution in [1.82, 2.24) is 5.32 Å². The number of nitrogens with two attached hydrogens (primary N) is 1. The molecule has 1 aromatic carbocycles. The summed E-state index contributed by atoms with van der Waals surface area (Å²) in [6.07, 6.45) is 0.717. The zero-order valence-electron chi connectivity index (χ0n) is 9.96. The highest BCUT2D eigenvalue weighted by Gasteiger charge is 2.07. The molecule has 0 aliphatic carbocycles. The van der Waals surface area contributed by atoms with Gasteiger partial charge in [-0.1, -0.05) is 17.7 Å². The van der Waals surface area contributed by atoms with Gasteiger partial charge in [0.15, 0.2) is 0 Å². The van der Waals surface area contributed by atoms with Crippen molar-refractivity contribution in [1.29, 1.82) is 0 Å². The number of hydrogen-bond acceptors (Lipinski definition) is 2. The number of hydrogen-bond donors (Lipinski definition) is 2. The van der Waals surface area contributed by atoms with Gasteiger partial charge in [-0.05, 0) is 31.4 Å². The number of benzene rings is 1. The number of methoxy groups -OCH3 is 1. The first-order valence-electron chi connectivity index (χ1n) is 5.22. The summed E-state index contributed by atoms with van der Waals surface area (Å²) in [5.74, 6) is 0.886. The fourth-order valence-corrected chi connectivity index (χ4v) is 1.84. The van der Waals surface area contributed by atoms with Crippen molar-refractivity contribution in [3.05, 3.63) is 28.8 Å². The molecule has 0 unspecified atom stereocenters. The van der Waals surface area contributed by atoms with E-state index in [1.165, 1.54) is 5.56 Å². The van der Waals surface area contributed by atoms with E-state index in [-0.39, 0.29) is 0 Å². The topological polar surface area (TPSA) is 64.3 Å². The zero-order chi connectivity index (χ0) is 12.1. The number of nitrogens with one attached hydrogen (secondary N) is 1. The predicted molar refractivity (Wildman–Crippen MR) is 63.8 cm³/mol. The van der Waals surface area contributed by atoms with Crippen LogP contribution in [0.25, 0.3) is 0 Å². The number of carbonyl (C=O) groups excluding carboxylic acids is 1. The molecule has 0 saturated heterocycles. The molecule has 2 amide bonds. The van der Waals surface area contributed by atoms with Crippen LogP contribution in [0.5, 0.6) is 5.75 Å². The minimum absolute atomic E-state index is 0.497. The fraction of sp³-hybridized carbons (Fsp3) is 0.417. The maximum absolute atomic E-state index is 10.6. The Hall–Kier alpha value is -1.71. The number of carbonyl (C=O) groups is 1. The van der Waals surface area contributed by atoms with Crippen LogP contribution < -0.4 is 15.8 Å². The molecule has 0 spiro atoms. The normalized spacial score (nSPS) is 9.94. The van der Waals surface area contributed by atoms with Gasteiger partial charge < -0.3 is 15.8 Å². The molecule has 0 aliphatic heterocycles. The average Bonchev–Trinajstić information content (AvgIpc) is 2.16. The Morgan fingerprint density at radius 3 is 2.69 bits per heavy atom. The molecular formula is C12H18N2O2. The van der Waals surface area contributed by atoms with Gasteiger partial charge in [0.25, 0.3) is 0 Å². The zero-order valence-corrected chi connectivity index (χ0v) is 9.96. The van der Waals surface area contributed by atoms with Crippen LogP contribution in [-0.4, -0.2) is 19.7 Å². The molecule has 1 aromatic rings. The van der Waals surface area contributed by atoms with Crippen LogP contribution in [0.4, 0.5) is 4.79 Å². The molecular weight excluding hydrogens is 204 g/mol. The van der Waals surface area contributed by atoms with Gasteiger partial charge in [-0.3, -0.25) is 0 Å². The summed E-state index contributed by atoms with van der Waals surface area (Å²) in [6.45, 7) is 4.57. The monoisotopic (exact) mass is 222 g/mol. The van der Waals surface area contributed by atoms with E-state index in [1.807, 2.05) is 13.8 Å². The fourth-order valence-electron chi connectivity index (χ4n) is 1.84. The summed E-state index contributed by atoms with van der Waals surface area (Å²) >= 11 is 0. The molecule has 4 heteroatoms. The Morgan fingerprint density at radius 1 is 1.44 bits per heavy atom. The number of urea groups is 1. The lowest BCUT2D eigenvalue weighted by atomic mass is 10.0. The number of rotatable bonds is 4. The van der Waals surface area contributed by atoms with Gasteiger partial charge in [0.05, 0.1) is 7.11 Å². The van der Waals surface area contributed by atoms with Crippen molar-refractivity contribution < 1.29 is 9.53 Å². The standard InChI is InChI=1S/C12H18N2O2/c1-8-6-9(2)11(16-3)10(7-8)4-5-14-12(13)15/h6-7H,4-5H2,1-3H3,(H3,13,14,15). The number of primary amides is 1. The lowest BCUT2D eigenvalue weighted by Crippen LogP contribution is -2.31. The van der Waals surface area contributed by atoms with E-state index < -0.39 is 6.03 Å². The maximum atomic E-state index is 10.6. The molecule has 0 aliphatic rings. The van der Waals surface area contributed by atoms with Crippen LogP contribution in [0.1, 0.15) is 16.7 Å². The molecule has 88 valence electrons. The van der Waals surface area contributed by atoms with Gasteiger partial charge in [0.2, 0.25) is 0 Å². The van der Waals surface area contributed by atoms with Crippen molar-refractivity contribution in [2.24, 2.45) is 5.73 Å². The Morgan fingerprint density at radius 2 is 2.12 bits per heavy atom. The van der Waals surface area contributed by atoms with E-state index in [0.29, 0.717) is 13.0 Å². The molecule has 0 saturated carbocycles. The van der Waals surface area contributed by atoms with Gasteiger partial charge in [-0.25, -0.2) is 4.79 Å². The van der Waals surface area contributed by atoms with E-state index >= 15 is 0 Å². The second-order valence-electron chi connectivity index (χ2n) is 3.82.